The van der Waals surface area contributed by atoms with Crippen LogP contribution in [0.25, 0.3) is 0 Å². The van der Waals surface area contributed by atoms with Crippen LogP contribution >= 0.6 is 0 Å². The fourth-order valence-electron chi connectivity index (χ4n) is 2.38. The Morgan fingerprint density at radius 2 is 1.88 bits per heavy atom. The van der Waals surface area contributed by atoms with Gasteiger partial charge in [-0.25, -0.2) is 0 Å². The summed E-state index contributed by atoms with van der Waals surface area (Å²) in [6.45, 7) is 0.711. The molecule has 0 atom stereocenters. The number of rotatable bonds is 4. The van der Waals surface area contributed by atoms with E-state index in [0.29, 0.717) is 6.54 Å². The van der Waals surface area contributed by atoms with Crippen molar-refractivity contribution >= 4 is 0 Å². The van der Waals surface area contributed by atoms with Gasteiger partial charge in [-0.15, -0.1) is 0 Å². The van der Waals surface area contributed by atoms with Crippen LogP contribution in [-0.2, 0) is 5.41 Å². The molecule has 0 aliphatic heterocycles. The Hall–Kier alpha value is -1.22. The second-order valence-corrected chi connectivity index (χ2v) is 4.41. The van der Waals surface area contributed by atoms with Crippen LogP contribution in [-0.4, -0.2) is 20.8 Å². The molecule has 88 valence electrons. The molecule has 2 N–H and O–H groups in total. The first-order valence-corrected chi connectivity index (χ1v) is 5.68. The summed E-state index contributed by atoms with van der Waals surface area (Å²) in [5, 5.41) is 0. The summed E-state index contributed by atoms with van der Waals surface area (Å²) in [5.41, 5.74) is 7.35. The van der Waals surface area contributed by atoms with Gasteiger partial charge in [-0.3, -0.25) is 0 Å². The lowest BCUT2D eigenvalue weighted by Crippen LogP contribution is -2.41. The molecule has 2 rings (SSSR count). The third-order valence-electron chi connectivity index (χ3n) is 3.70. The molecule has 0 spiro atoms. The Kier molecular flexibility index (Phi) is 3.06. The standard InChI is InChI=1S/C13H19NO2/c1-15-11-5-4-10(8-12(11)16-2)13(9-14)6-3-7-13/h4-5,8H,3,6-7,9,14H2,1-2H3. The summed E-state index contributed by atoms with van der Waals surface area (Å²) >= 11 is 0. The highest BCUT2D eigenvalue weighted by molar-refractivity contribution is 5.46. The minimum Gasteiger partial charge on any atom is -0.493 e. The maximum Gasteiger partial charge on any atom is 0.161 e. The highest BCUT2D eigenvalue weighted by Gasteiger charge is 2.37. The van der Waals surface area contributed by atoms with Gasteiger partial charge in [0.15, 0.2) is 11.5 Å². The van der Waals surface area contributed by atoms with Crippen LogP contribution < -0.4 is 15.2 Å². The predicted octanol–water partition coefficient (Wildman–Crippen LogP) is 2.08. The monoisotopic (exact) mass is 221 g/mol. The first kappa shape index (κ1) is 11.3. The summed E-state index contributed by atoms with van der Waals surface area (Å²) in [6.07, 6.45) is 3.63. The molecule has 0 saturated heterocycles. The Labute approximate surface area is 96.5 Å². The average Bonchev–Trinajstić information content (AvgIpc) is 2.28. The fraction of sp³-hybridized carbons (Fsp3) is 0.538. The molecule has 1 aromatic rings. The van der Waals surface area contributed by atoms with Gasteiger partial charge in [0.1, 0.15) is 0 Å². The van der Waals surface area contributed by atoms with Gasteiger partial charge in [0.05, 0.1) is 14.2 Å². The molecule has 1 saturated carbocycles. The lowest BCUT2D eigenvalue weighted by atomic mass is 9.64. The first-order chi connectivity index (χ1) is 7.75. The molecular weight excluding hydrogens is 202 g/mol. The van der Waals surface area contributed by atoms with E-state index in [1.54, 1.807) is 14.2 Å². The third kappa shape index (κ3) is 1.65. The Morgan fingerprint density at radius 1 is 1.19 bits per heavy atom. The van der Waals surface area contributed by atoms with Gasteiger partial charge in [0.2, 0.25) is 0 Å². The van der Waals surface area contributed by atoms with Crippen molar-refractivity contribution in [1.29, 1.82) is 0 Å². The van der Waals surface area contributed by atoms with Gasteiger partial charge in [-0.2, -0.15) is 0 Å². The molecule has 1 aliphatic rings. The van der Waals surface area contributed by atoms with Crippen LogP contribution in [0.2, 0.25) is 0 Å². The van der Waals surface area contributed by atoms with E-state index in [0.717, 1.165) is 11.5 Å². The summed E-state index contributed by atoms with van der Waals surface area (Å²) < 4.78 is 10.6. The molecule has 0 radical (unpaired) electrons. The van der Waals surface area contributed by atoms with Crippen LogP contribution in [0.15, 0.2) is 18.2 Å². The summed E-state index contributed by atoms with van der Waals surface area (Å²) in [4.78, 5) is 0. The topological polar surface area (TPSA) is 44.5 Å². The van der Waals surface area contributed by atoms with Crippen molar-refractivity contribution in [2.24, 2.45) is 5.73 Å². The predicted molar refractivity (Wildman–Crippen MR) is 64.1 cm³/mol. The van der Waals surface area contributed by atoms with Gasteiger partial charge < -0.3 is 15.2 Å². The Balaban J connectivity index is 2.35. The van der Waals surface area contributed by atoms with Crippen molar-refractivity contribution in [2.75, 3.05) is 20.8 Å². The number of hydrogen-bond donors (Lipinski definition) is 1. The van der Waals surface area contributed by atoms with Crippen molar-refractivity contribution in [3.8, 4) is 11.5 Å². The van der Waals surface area contributed by atoms with Gasteiger partial charge in [0.25, 0.3) is 0 Å². The maximum absolute atomic E-state index is 5.89. The van der Waals surface area contributed by atoms with E-state index in [4.69, 9.17) is 15.2 Å². The molecular formula is C13H19NO2. The second-order valence-electron chi connectivity index (χ2n) is 4.41. The number of methoxy groups -OCH3 is 2. The summed E-state index contributed by atoms with van der Waals surface area (Å²) in [6, 6.07) is 6.13. The number of hydrogen-bond acceptors (Lipinski definition) is 3. The molecule has 0 aromatic heterocycles. The molecule has 3 nitrogen and oxygen atoms in total. The molecule has 0 unspecified atom stereocenters. The van der Waals surface area contributed by atoms with E-state index in [1.807, 2.05) is 6.07 Å². The maximum atomic E-state index is 5.89. The van der Waals surface area contributed by atoms with Crippen molar-refractivity contribution < 1.29 is 9.47 Å². The quantitative estimate of drug-likeness (QED) is 0.846. The van der Waals surface area contributed by atoms with Crippen LogP contribution in [0.3, 0.4) is 0 Å². The fourth-order valence-corrected chi connectivity index (χ4v) is 2.38. The number of benzene rings is 1. The van der Waals surface area contributed by atoms with Crippen LogP contribution in [0.5, 0.6) is 11.5 Å². The van der Waals surface area contributed by atoms with Gasteiger partial charge in [-0.1, -0.05) is 12.5 Å². The van der Waals surface area contributed by atoms with E-state index in [9.17, 15) is 0 Å². The Morgan fingerprint density at radius 3 is 2.31 bits per heavy atom. The highest BCUT2D eigenvalue weighted by Crippen LogP contribution is 2.44. The summed E-state index contributed by atoms with van der Waals surface area (Å²) in [7, 11) is 3.32. The van der Waals surface area contributed by atoms with E-state index in [-0.39, 0.29) is 5.41 Å². The van der Waals surface area contributed by atoms with Gasteiger partial charge in [0, 0.05) is 12.0 Å². The smallest absolute Gasteiger partial charge is 0.161 e. The summed E-state index contributed by atoms with van der Waals surface area (Å²) in [5.74, 6) is 1.57. The molecule has 0 bridgehead atoms. The Bertz CT molecular complexity index is 367. The molecule has 0 heterocycles. The molecule has 3 heteroatoms. The minimum absolute atomic E-state index is 0.180. The van der Waals surface area contributed by atoms with E-state index in [1.165, 1.54) is 24.8 Å². The van der Waals surface area contributed by atoms with E-state index in [2.05, 4.69) is 12.1 Å². The van der Waals surface area contributed by atoms with Crippen LogP contribution in [0.1, 0.15) is 24.8 Å². The van der Waals surface area contributed by atoms with Gasteiger partial charge in [-0.05, 0) is 30.5 Å². The molecule has 1 fully saturated rings. The average molecular weight is 221 g/mol. The number of ether oxygens (including phenoxy) is 2. The van der Waals surface area contributed by atoms with Crippen molar-refractivity contribution in [3.63, 3.8) is 0 Å². The van der Waals surface area contributed by atoms with Gasteiger partial charge >= 0.3 is 0 Å². The number of nitrogens with two attached hydrogens (primary N) is 1. The highest BCUT2D eigenvalue weighted by atomic mass is 16.5. The zero-order valence-corrected chi connectivity index (χ0v) is 9.95. The first-order valence-electron chi connectivity index (χ1n) is 5.68. The van der Waals surface area contributed by atoms with Crippen molar-refractivity contribution in [2.45, 2.75) is 24.7 Å². The van der Waals surface area contributed by atoms with Crippen molar-refractivity contribution in [1.82, 2.24) is 0 Å². The largest absolute Gasteiger partial charge is 0.493 e. The molecule has 0 amide bonds. The lowest BCUT2D eigenvalue weighted by molar-refractivity contribution is 0.251. The van der Waals surface area contributed by atoms with E-state index >= 15 is 0 Å². The molecule has 1 aliphatic carbocycles. The lowest BCUT2D eigenvalue weighted by Gasteiger charge is -2.41. The zero-order chi connectivity index (χ0) is 11.6. The zero-order valence-electron chi connectivity index (χ0n) is 9.95. The van der Waals surface area contributed by atoms with Crippen LogP contribution in [0.4, 0.5) is 0 Å². The SMILES string of the molecule is COc1ccc(C2(CN)CCC2)cc1OC. The molecule has 16 heavy (non-hydrogen) atoms. The normalized spacial score (nSPS) is 17.7. The van der Waals surface area contributed by atoms with E-state index < -0.39 is 0 Å². The molecule has 1 aromatic carbocycles. The third-order valence-corrected chi connectivity index (χ3v) is 3.70. The minimum atomic E-state index is 0.180. The second kappa shape index (κ2) is 4.34. The van der Waals surface area contributed by atoms with Crippen LogP contribution in [0, 0.1) is 0 Å². The van der Waals surface area contributed by atoms with Crippen molar-refractivity contribution in [3.05, 3.63) is 23.8 Å².